The minimum atomic E-state index is -0.0635. The molecule has 0 saturated carbocycles. The monoisotopic (exact) mass is 259 g/mol. The van der Waals surface area contributed by atoms with Crippen molar-refractivity contribution in [2.45, 2.75) is 38.2 Å². The van der Waals surface area contributed by atoms with Crippen molar-refractivity contribution in [3.63, 3.8) is 0 Å². The van der Waals surface area contributed by atoms with E-state index in [2.05, 4.69) is 10.3 Å². The zero-order chi connectivity index (χ0) is 13.5. The third-order valence-electron chi connectivity index (χ3n) is 3.13. The second-order valence-corrected chi connectivity index (χ2v) is 4.62. The zero-order valence-corrected chi connectivity index (χ0v) is 10.8. The predicted octanol–water partition coefficient (Wildman–Crippen LogP) is 2.24. The molecule has 1 aliphatic heterocycles. The summed E-state index contributed by atoms with van der Waals surface area (Å²) in [4.78, 5) is 15.7. The van der Waals surface area contributed by atoms with E-state index in [1.54, 1.807) is 12.1 Å². The van der Waals surface area contributed by atoms with E-state index in [1.807, 2.05) is 6.07 Å². The highest BCUT2D eigenvalue weighted by atomic mass is 16.5. The lowest BCUT2D eigenvalue weighted by atomic mass is 10.0. The van der Waals surface area contributed by atoms with Crippen molar-refractivity contribution in [2.24, 2.45) is 0 Å². The van der Waals surface area contributed by atoms with Crippen LogP contribution in [-0.2, 0) is 9.53 Å². The number of ether oxygens (including phenoxy) is 1. The van der Waals surface area contributed by atoms with E-state index in [0.29, 0.717) is 17.8 Å². The van der Waals surface area contributed by atoms with Crippen molar-refractivity contribution in [3.05, 3.63) is 23.9 Å². The second kappa shape index (κ2) is 6.86. The summed E-state index contributed by atoms with van der Waals surface area (Å²) < 4.78 is 5.58. The molecule has 2 heterocycles. The van der Waals surface area contributed by atoms with Crippen molar-refractivity contribution in [1.82, 2.24) is 4.98 Å². The van der Waals surface area contributed by atoms with Gasteiger partial charge in [0.1, 0.15) is 11.9 Å². The third kappa shape index (κ3) is 4.34. The minimum absolute atomic E-state index is 0.0635. The first kappa shape index (κ1) is 13.5. The smallest absolute Gasteiger partial charge is 0.225 e. The van der Waals surface area contributed by atoms with Gasteiger partial charge in [-0.25, -0.2) is 4.98 Å². The van der Waals surface area contributed by atoms with Crippen LogP contribution in [-0.4, -0.2) is 23.6 Å². The van der Waals surface area contributed by atoms with E-state index in [4.69, 9.17) is 10.00 Å². The fourth-order valence-corrected chi connectivity index (χ4v) is 2.07. The van der Waals surface area contributed by atoms with E-state index >= 15 is 0 Å². The molecule has 0 aliphatic carbocycles. The fourth-order valence-electron chi connectivity index (χ4n) is 2.07. The van der Waals surface area contributed by atoms with Gasteiger partial charge in [-0.3, -0.25) is 4.79 Å². The van der Waals surface area contributed by atoms with Crippen LogP contribution < -0.4 is 5.32 Å². The van der Waals surface area contributed by atoms with Crippen LogP contribution in [0.15, 0.2) is 18.3 Å². The van der Waals surface area contributed by atoms with Crippen LogP contribution in [0.1, 0.15) is 37.7 Å². The van der Waals surface area contributed by atoms with Gasteiger partial charge >= 0.3 is 0 Å². The molecule has 1 aromatic heterocycles. The van der Waals surface area contributed by atoms with Gasteiger partial charge in [-0.05, 0) is 37.8 Å². The molecule has 1 unspecified atom stereocenters. The van der Waals surface area contributed by atoms with Crippen LogP contribution >= 0.6 is 0 Å². The summed E-state index contributed by atoms with van der Waals surface area (Å²) in [5.41, 5.74) is 0.480. The van der Waals surface area contributed by atoms with Gasteiger partial charge in [0.05, 0.1) is 11.7 Å². The number of rotatable bonds is 4. The molecule has 1 fully saturated rings. The second-order valence-electron chi connectivity index (χ2n) is 4.62. The first-order chi connectivity index (χ1) is 9.28. The van der Waals surface area contributed by atoms with Gasteiger partial charge in [-0.2, -0.15) is 5.26 Å². The van der Waals surface area contributed by atoms with Crippen LogP contribution in [0.25, 0.3) is 0 Å². The number of hydrogen-bond donors (Lipinski definition) is 1. The molecule has 1 aromatic rings. The average Bonchev–Trinajstić information content (AvgIpc) is 2.47. The van der Waals surface area contributed by atoms with Crippen molar-refractivity contribution >= 4 is 11.7 Å². The summed E-state index contributed by atoms with van der Waals surface area (Å²) in [6.07, 6.45) is 6.20. The predicted molar refractivity (Wildman–Crippen MR) is 70.4 cm³/mol. The lowest BCUT2D eigenvalue weighted by Crippen LogP contribution is -2.22. The highest BCUT2D eigenvalue weighted by Gasteiger charge is 2.15. The number of carbonyl (C=O) groups is 1. The summed E-state index contributed by atoms with van der Waals surface area (Å²) in [6, 6.07) is 5.25. The van der Waals surface area contributed by atoms with Gasteiger partial charge in [0.25, 0.3) is 0 Å². The molecular formula is C14H17N3O2. The summed E-state index contributed by atoms with van der Waals surface area (Å²) in [5.74, 6) is 0.417. The van der Waals surface area contributed by atoms with Crippen LogP contribution in [0.5, 0.6) is 0 Å². The number of nitrogens with one attached hydrogen (secondary N) is 1. The number of carbonyl (C=O) groups excluding carboxylic acids is 1. The van der Waals surface area contributed by atoms with Crippen LogP contribution in [0.2, 0.25) is 0 Å². The Morgan fingerprint density at radius 3 is 3.05 bits per heavy atom. The number of nitriles is 1. The molecule has 1 N–H and O–H groups in total. The highest BCUT2D eigenvalue weighted by Crippen LogP contribution is 2.17. The molecule has 2 rings (SSSR count). The minimum Gasteiger partial charge on any atom is -0.378 e. The summed E-state index contributed by atoms with van der Waals surface area (Å²) in [7, 11) is 0. The highest BCUT2D eigenvalue weighted by molar-refractivity contribution is 5.89. The summed E-state index contributed by atoms with van der Waals surface area (Å²) >= 11 is 0. The van der Waals surface area contributed by atoms with Gasteiger partial charge in [-0.15, -0.1) is 0 Å². The zero-order valence-electron chi connectivity index (χ0n) is 10.8. The molecule has 0 bridgehead atoms. The average molecular weight is 259 g/mol. The summed E-state index contributed by atoms with van der Waals surface area (Å²) in [6.45, 7) is 0.809. The van der Waals surface area contributed by atoms with Crippen molar-refractivity contribution < 1.29 is 9.53 Å². The SMILES string of the molecule is N#Cc1ccc(NC(=O)CCC2CCCCO2)nc1. The Morgan fingerprint density at radius 2 is 2.42 bits per heavy atom. The lowest BCUT2D eigenvalue weighted by Gasteiger charge is -2.22. The molecule has 0 radical (unpaired) electrons. The van der Waals surface area contributed by atoms with Crippen LogP contribution in [0.4, 0.5) is 5.82 Å². The lowest BCUT2D eigenvalue weighted by molar-refractivity contribution is -0.117. The van der Waals surface area contributed by atoms with Gasteiger partial charge in [0.15, 0.2) is 0 Å². The molecular weight excluding hydrogens is 242 g/mol. The van der Waals surface area contributed by atoms with Crippen molar-refractivity contribution in [2.75, 3.05) is 11.9 Å². The van der Waals surface area contributed by atoms with Crippen LogP contribution in [0, 0.1) is 11.3 Å². The van der Waals surface area contributed by atoms with E-state index in [0.717, 1.165) is 25.9 Å². The first-order valence-electron chi connectivity index (χ1n) is 6.55. The Hall–Kier alpha value is -1.93. The van der Waals surface area contributed by atoms with E-state index in [9.17, 15) is 4.79 Å². The maximum absolute atomic E-state index is 11.7. The van der Waals surface area contributed by atoms with E-state index < -0.39 is 0 Å². The number of pyridine rings is 1. The van der Waals surface area contributed by atoms with E-state index in [-0.39, 0.29) is 12.0 Å². The molecule has 1 aliphatic rings. The van der Waals surface area contributed by atoms with Crippen molar-refractivity contribution in [3.8, 4) is 6.07 Å². The number of amides is 1. The largest absolute Gasteiger partial charge is 0.378 e. The van der Waals surface area contributed by atoms with E-state index in [1.165, 1.54) is 12.6 Å². The topological polar surface area (TPSA) is 75.0 Å². The Morgan fingerprint density at radius 1 is 1.53 bits per heavy atom. The molecule has 0 spiro atoms. The van der Waals surface area contributed by atoms with Gasteiger partial charge < -0.3 is 10.1 Å². The van der Waals surface area contributed by atoms with Gasteiger partial charge in [0, 0.05) is 19.2 Å². The number of aromatic nitrogens is 1. The van der Waals surface area contributed by atoms with Gasteiger partial charge in [0.2, 0.25) is 5.91 Å². The molecule has 1 amide bonds. The Balaban J connectivity index is 1.75. The Labute approximate surface area is 112 Å². The standard InChI is InChI=1S/C14H17N3O2/c15-9-11-4-6-13(16-10-11)17-14(18)7-5-12-3-1-2-8-19-12/h4,6,10,12H,1-3,5,7-8H2,(H,16,17,18). The molecule has 100 valence electrons. The van der Waals surface area contributed by atoms with Crippen LogP contribution in [0.3, 0.4) is 0 Å². The maximum atomic E-state index is 11.7. The quantitative estimate of drug-likeness (QED) is 0.899. The molecule has 0 aromatic carbocycles. The normalized spacial score (nSPS) is 18.6. The van der Waals surface area contributed by atoms with Crippen molar-refractivity contribution in [1.29, 1.82) is 5.26 Å². The number of hydrogen-bond acceptors (Lipinski definition) is 4. The first-order valence-corrected chi connectivity index (χ1v) is 6.55. The van der Waals surface area contributed by atoms with Gasteiger partial charge in [-0.1, -0.05) is 0 Å². The summed E-state index contributed by atoms with van der Waals surface area (Å²) in [5, 5.41) is 11.4. The molecule has 5 nitrogen and oxygen atoms in total. The molecule has 19 heavy (non-hydrogen) atoms. The fraction of sp³-hybridized carbons (Fsp3) is 0.500. The third-order valence-corrected chi connectivity index (χ3v) is 3.13. The molecule has 1 atom stereocenters. The number of nitrogens with zero attached hydrogens (tertiary/aromatic N) is 2. The molecule has 1 saturated heterocycles. The Kier molecular flexibility index (Phi) is 4.87. The maximum Gasteiger partial charge on any atom is 0.225 e. The molecule has 5 heteroatoms. The number of anilines is 1. The Bertz CT molecular complexity index is 459.